The van der Waals surface area contributed by atoms with E-state index in [1.54, 1.807) is 12.1 Å². The normalized spacial score (nSPS) is 12.6. The second kappa shape index (κ2) is 8.03. The number of aryl methyl sites for hydroxylation is 1. The number of carbonyl (C=O) groups excluding carboxylic acids is 1. The molecule has 2 aromatic rings. The van der Waals surface area contributed by atoms with Crippen molar-refractivity contribution >= 4 is 33.4 Å². The summed E-state index contributed by atoms with van der Waals surface area (Å²) in [4.78, 5) is 12.3. The second-order valence-electron chi connectivity index (χ2n) is 5.74. The Morgan fingerprint density at radius 3 is 2.44 bits per heavy atom. The number of nitrogens with one attached hydrogen (secondary N) is 2. The number of carbonyl (C=O) groups is 1. The zero-order valence-electron chi connectivity index (χ0n) is 14.7. The van der Waals surface area contributed by atoms with Crippen LogP contribution >= 0.6 is 11.8 Å². The summed E-state index contributed by atoms with van der Waals surface area (Å²) >= 11 is 1.44. The predicted octanol–water partition coefficient (Wildman–Crippen LogP) is 3.71. The van der Waals surface area contributed by atoms with Gasteiger partial charge in [0.25, 0.3) is 0 Å². The van der Waals surface area contributed by atoms with Gasteiger partial charge in [0.1, 0.15) is 0 Å². The minimum atomic E-state index is -3.72. The van der Waals surface area contributed by atoms with E-state index in [-0.39, 0.29) is 16.8 Å². The molecule has 5 nitrogen and oxygen atoms in total. The van der Waals surface area contributed by atoms with Crippen LogP contribution in [-0.2, 0) is 14.8 Å². The molecule has 0 aliphatic rings. The van der Waals surface area contributed by atoms with E-state index in [1.807, 2.05) is 44.4 Å². The van der Waals surface area contributed by atoms with Crippen molar-refractivity contribution in [3.8, 4) is 0 Å². The Morgan fingerprint density at radius 2 is 1.84 bits per heavy atom. The Balaban J connectivity index is 2.33. The van der Waals surface area contributed by atoms with Crippen LogP contribution in [0.4, 0.5) is 5.69 Å². The summed E-state index contributed by atoms with van der Waals surface area (Å²) in [5.41, 5.74) is 2.44. The van der Waals surface area contributed by atoms with Gasteiger partial charge < -0.3 is 5.32 Å². The lowest BCUT2D eigenvalue weighted by Crippen LogP contribution is -2.27. The Hall–Kier alpha value is -1.83. The van der Waals surface area contributed by atoms with E-state index in [1.165, 1.54) is 24.8 Å². The smallest absolute Gasteiger partial charge is 0.241 e. The van der Waals surface area contributed by atoms with Crippen LogP contribution in [0.5, 0.6) is 0 Å². The molecule has 2 N–H and O–H groups in total. The molecule has 0 aliphatic carbocycles. The maximum absolute atomic E-state index is 12.7. The van der Waals surface area contributed by atoms with Crippen LogP contribution in [0.15, 0.2) is 52.3 Å². The van der Waals surface area contributed by atoms with Crippen molar-refractivity contribution in [1.29, 1.82) is 0 Å². The molecule has 2 rings (SSSR count). The van der Waals surface area contributed by atoms with Gasteiger partial charge in [-0.15, -0.1) is 11.8 Å². The van der Waals surface area contributed by atoms with Gasteiger partial charge in [-0.3, -0.25) is 4.79 Å². The minimum Gasteiger partial charge on any atom is -0.325 e. The highest BCUT2D eigenvalue weighted by Crippen LogP contribution is 2.29. The molecule has 25 heavy (non-hydrogen) atoms. The first kappa shape index (κ1) is 19.5. The van der Waals surface area contributed by atoms with Crippen molar-refractivity contribution < 1.29 is 13.2 Å². The largest absolute Gasteiger partial charge is 0.325 e. The first-order valence-electron chi connectivity index (χ1n) is 7.78. The summed E-state index contributed by atoms with van der Waals surface area (Å²) in [6, 6.07) is 12.0. The molecule has 2 aromatic carbocycles. The highest BCUT2D eigenvalue weighted by Gasteiger charge is 2.20. The molecular weight excluding hydrogens is 356 g/mol. The van der Waals surface area contributed by atoms with E-state index < -0.39 is 10.0 Å². The van der Waals surface area contributed by atoms with Crippen LogP contribution in [0.25, 0.3) is 0 Å². The molecule has 0 bridgehead atoms. The molecule has 1 amide bonds. The standard InChI is InChI=1S/C18H22N2O3S2/c1-12-7-5-6-8-16(12)13(2)20-25(22,23)15-9-10-18(24-4)17(11-15)19-14(3)21/h5-11,13,20H,1-4H3,(H,19,21). The van der Waals surface area contributed by atoms with Gasteiger partial charge in [0, 0.05) is 17.9 Å². The van der Waals surface area contributed by atoms with E-state index in [2.05, 4.69) is 10.0 Å². The number of rotatable bonds is 6. The van der Waals surface area contributed by atoms with Crippen LogP contribution in [-0.4, -0.2) is 20.6 Å². The van der Waals surface area contributed by atoms with E-state index in [4.69, 9.17) is 0 Å². The average molecular weight is 379 g/mol. The number of benzene rings is 2. The lowest BCUT2D eigenvalue weighted by Gasteiger charge is -2.17. The molecule has 7 heteroatoms. The fourth-order valence-electron chi connectivity index (χ4n) is 2.58. The van der Waals surface area contributed by atoms with Gasteiger partial charge in [-0.2, -0.15) is 0 Å². The average Bonchev–Trinajstić information content (AvgIpc) is 2.54. The fourth-order valence-corrected chi connectivity index (χ4v) is 4.36. The zero-order valence-corrected chi connectivity index (χ0v) is 16.3. The Kier molecular flexibility index (Phi) is 6.26. The molecule has 0 aromatic heterocycles. The van der Waals surface area contributed by atoms with Gasteiger partial charge in [-0.25, -0.2) is 13.1 Å². The number of hydrogen-bond acceptors (Lipinski definition) is 4. The SMILES string of the molecule is CSc1ccc(S(=O)(=O)NC(C)c2ccccc2C)cc1NC(C)=O. The van der Waals surface area contributed by atoms with Gasteiger partial charge in [-0.05, 0) is 49.4 Å². The Labute approximate surface area is 153 Å². The molecule has 0 saturated carbocycles. The van der Waals surface area contributed by atoms with Crippen molar-refractivity contribution in [3.05, 3.63) is 53.6 Å². The lowest BCUT2D eigenvalue weighted by atomic mass is 10.0. The van der Waals surface area contributed by atoms with Gasteiger partial charge in [0.2, 0.25) is 15.9 Å². The van der Waals surface area contributed by atoms with Gasteiger partial charge in [0.15, 0.2) is 0 Å². The number of anilines is 1. The number of thioether (sulfide) groups is 1. The van der Waals surface area contributed by atoms with E-state index in [9.17, 15) is 13.2 Å². The van der Waals surface area contributed by atoms with Crippen LogP contribution < -0.4 is 10.0 Å². The third-order valence-corrected chi connectivity index (χ3v) is 6.11. The monoisotopic (exact) mass is 378 g/mol. The van der Waals surface area contributed by atoms with Crippen LogP contribution in [0.1, 0.15) is 31.0 Å². The number of sulfonamides is 1. The second-order valence-corrected chi connectivity index (χ2v) is 8.30. The lowest BCUT2D eigenvalue weighted by molar-refractivity contribution is -0.114. The summed E-state index contributed by atoms with van der Waals surface area (Å²) < 4.78 is 28.2. The molecule has 1 unspecified atom stereocenters. The van der Waals surface area contributed by atoms with Gasteiger partial charge in [-0.1, -0.05) is 24.3 Å². The number of hydrogen-bond donors (Lipinski definition) is 2. The first-order valence-corrected chi connectivity index (χ1v) is 10.5. The third kappa shape index (κ3) is 4.84. The zero-order chi connectivity index (χ0) is 18.6. The maximum atomic E-state index is 12.7. The quantitative estimate of drug-likeness (QED) is 0.751. The van der Waals surface area contributed by atoms with E-state index in [0.717, 1.165) is 16.0 Å². The highest BCUT2D eigenvalue weighted by molar-refractivity contribution is 7.98. The third-order valence-electron chi connectivity index (χ3n) is 3.78. The van der Waals surface area contributed by atoms with Crippen molar-refractivity contribution in [1.82, 2.24) is 4.72 Å². The van der Waals surface area contributed by atoms with Crippen LogP contribution in [0, 0.1) is 6.92 Å². The van der Waals surface area contributed by atoms with E-state index in [0.29, 0.717) is 5.69 Å². The van der Waals surface area contributed by atoms with Crippen LogP contribution in [0.2, 0.25) is 0 Å². The Morgan fingerprint density at radius 1 is 1.16 bits per heavy atom. The van der Waals surface area contributed by atoms with Crippen LogP contribution in [0.3, 0.4) is 0 Å². The number of amides is 1. The molecule has 0 radical (unpaired) electrons. The fraction of sp³-hybridized carbons (Fsp3) is 0.278. The molecule has 134 valence electrons. The summed E-state index contributed by atoms with van der Waals surface area (Å²) in [6.07, 6.45) is 1.87. The van der Waals surface area contributed by atoms with Crippen molar-refractivity contribution in [2.45, 2.75) is 36.6 Å². The van der Waals surface area contributed by atoms with E-state index >= 15 is 0 Å². The summed E-state index contributed by atoms with van der Waals surface area (Å²) in [5, 5.41) is 2.68. The molecule has 0 fully saturated rings. The predicted molar refractivity (Wildman–Crippen MR) is 102 cm³/mol. The molecule has 0 spiro atoms. The highest BCUT2D eigenvalue weighted by atomic mass is 32.2. The van der Waals surface area contributed by atoms with Crippen molar-refractivity contribution in [2.75, 3.05) is 11.6 Å². The van der Waals surface area contributed by atoms with Gasteiger partial charge >= 0.3 is 0 Å². The molecular formula is C18H22N2O3S2. The molecule has 1 atom stereocenters. The van der Waals surface area contributed by atoms with Gasteiger partial charge in [0.05, 0.1) is 10.6 Å². The summed E-state index contributed by atoms with van der Waals surface area (Å²) in [5.74, 6) is -0.244. The van der Waals surface area contributed by atoms with Crippen molar-refractivity contribution in [2.24, 2.45) is 0 Å². The minimum absolute atomic E-state index is 0.120. The first-order chi connectivity index (χ1) is 11.7. The molecule has 0 saturated heterocycles. The van der Waals surface area contributed by atoms with Crippen molar-refractivity contribution in [3.63, 3.8) is 0 Å². The molecule has 0 aliphatic heterocycles. The Bertz CT molecular complexity index is 880. The summed E-state index contributed by atoms with van der Waals surface area (Å²) in [7, 11) is -3.72. The maximum Gasteiger partial charge on any atom is 0.241 e. The summed E-state index contributed by atoms with van der Waals surface area (Å²) in [6.45, 7) is 5.15. The molecule has 0 heterocycles. The topological polar surface area (TPSA) is 75.3 Å².